The second-order valence-corrected chi connectivity index (χ2v) is 4.33. The summed E-state index contributed by atoms with van der Waals surface area (Å²) >= 11 is 0. The molecule has 0 aliphatic heterocycles. The van der Waals surface area contributed by atoms with Gasteiger partial charge in [-0.25, -0.2) is 4.79 Å². The summed E-state index contributed by atoms with van der Waals surface area (Å²) in [5.41, 5.74) is 2.66. The first-order valence-corrected chi connectivity index (χ1v) is 5.33. The van der Waals surface area contributed by atoms with Crippen molar-refractivity contribution in [3.8, 4) is 0 Å². The monoisotopic (exact) mass is 192 g/mol. The zero-order valence-electron chi connectivity index (χ0n) is 8.49. The van der Waals surface area contributed by atoms with E-state index in [1.807, 2.05) is 0 Å². The fourth-order valence-corrected chi connectivity index (χ4v) is 2.63. The second kappa shape index (κ2) is 3.60. The summed E-state index contributed by atoms with van der Waals surface area (Å²) in [7, 11) is 0. The van der Waals surface area contributed by atoms with Gasteiger partial charge in [0.15, 0.2) is 0 Å². The van der Waals surface area contributed by atoms with Gasteiger partial charge in [-0.1, -0.05) is 30.6 Å². The van der Waals surface area contributed by atoms with Crippen molar-refractivity contribution in [2.24, 2.45) is 11.8 Å². The molecule has 0 saturated heterocycles. The molecule has 2 rings (SSSR count). The van der Waals surface area contributed by atoms with Gasteiger partial charge in [0.05, 0.1) is 0 Å². The van der Waals surface area contributed by atoms with Crippen LogP contribution in [0.25, 0.3) is 0 Å². The largest absolute Gasteiger partial charge is 0.478 e. The number of fused-ring (bicyclic) bond motifs is 1. The molecular formula is C12H16O2. The number of carboxylic acid groups (broad SMARTS) is 1. The van der Waals surface area contributed by atoms with Crippen molar-refractivity contribution >= 4 is 5.97 Å². The SMILES string of the molecule is CCCC1=C[C@@H]2C(=CC(=O)O)C[C@H]2C1. The van der Waals surface area contributed by atoms with E-state index >= 15 is 0 Å². The number of carbonyl (C=O) groups is 1. The van der Waals surface area contributed by atoms with Gasteiger partial charge >= 0.3 is 5.97 Å². The lowest BCUT2D eigenvalue weighted by molar-refractivity contribution is -0.131. The highest BCUT2D eigenvalue weighted by molar-refractivity contribution is 5.81. The molecule has 1 N–H and O–H groups in total. The highest BCUT2D eigenvalue weighted by Gasteiger charge is 2.38. The first-order valence-electron chi connectivity index (χ1n) is 5.33. The molecule has 0 amide bonds. The molecule has 2 nitrogen and oxygen atoms in total. The van der Waals surface area contributed by atoms with Crippen molar-refractivity contribution in [3.05, 3.63) is 23.3 Å². The van der Waals surface area contributed by atoms with Crippen molar-refractivity contribution in [1.82, 2.24) is 0 Å². The highest BCUT2D eigenvalue weighted by atomic mass is 16.4. The molecule has 0 radical (unpaired) electrons. The molecule has 1 saturated carbocycles. The Hall–Kier alpha value is -1.05. The van der Waals surface area contributed by atoms with Crippen LogP contribution in [0.2, 0.25) is 0 Å². The third kappa shape index (κ3) is 1.61. The molecule has 2 aliphatic carbocycles. The number of hydrogen-bond donors (Lipinski definition) is 1. The fraction of sp³-hybridized carbons (Fsp3) is 0.583. The van der Waals surface area contributed by atoms with Crippen LogP contribution in [-0.2, 0) is 4.79 Å². The van der Waals surface area contributed by atoms with Gasteiger partial charge in [0.25, 0.3) is 0 Å². The van der Waals surface area contributed by atoms with Gasteiger partial charge in [-0.05, 0) is 25.2 Å². The van der Waals surface area contributed by atoms with E-state index in [4.69, 9.17) is 5.11 Å². The maximum Gasteiger partial charge on any atom is 0.328 e. The molecule has 0 aromatic heterocycles. The normalized spacial score (nSPS) is 32.4. The maximum absolute atomic E-state index is 10.5. The molecule has 2 aliphatic rings. The fourth-order valence-electron chi connectivity index (χ4n) is 2.63. The summed E-state index contributed by atoms with van der Waals surface area (Å²) in [5, 5.41) is 8.64. The molecule has 0 spiro atoms. The molecule has 2 atom stereocenters. The number of aliphatic carboxylic acids is 1. The van der Waals surface area contributed by atoms with Gasteiger partial charge in [0.1, 0.15) is 0 Å². The lowest BCUT2D eigenvalue weighted by Gasteiger charge is -2.33. The molecule has 0 aromatic rings. The molecular weight excluding hydrogens is 176 g/mol. The molecule has 0 bridgehead atoms. The van der Waals surface area contributed by atoms with Crippen molar-refractivity contribution in [2.45, 2.75) is 32.6 Å². The van der Waals surface area contributed by atoms with E-state index in [0.717, 1.165) is 17.9 Å². The Balaban J connectivity index is 2.02. The Bertz CT molecular complexity index is 312. The lowest BCUT2D eigenvalue weighted by atomic mass is 9.71. The van der Waals surface area contributed by atoms with Crippen molar-refractivity contribution in [3.63, 3.8) is 0 Å². The van der Waals surface area contributed by atoms with Crippen LogP contribution in [0.5, 0.6) is 0 Å². The Kier molecular flexibility index (Phi) is 2.44. The predicted molar refractivity (Wildman–Crippen MR) is 54.9 cm³/mol. The Morgan fingerprint density at radius 1 is 1.64 bits per heavy atom. The van der Waals surface area contributed by atoms with E-state index in [1.165, 1.54) is 30.9 Å². The van der Waals surface area contributed by atoms with Crippen LogP contribution in [-0.4, -0.2) is 11.1 Å². The molecule has 14 heavy (non-hydrogen) atoms. The molecule has 2 heteroatoms. The molecule has 0 heterocycles. The van der Waals surface area contributed by atoms with Crippen LogP contribution in [0.4, 0.5) is 0 Å². The summed E-state index contributed by atoms with van der Waals surface area (Å²) in [6.45, 7) is 2.19. The van der Waals surface area contributed by atoms with Crippen LogP contribution >= 0.6 is 0 Å². The van der Waals surface area contributed by atoms with E-state index in [2.05, 4.69) is 13.0 Å². The quantitative estimate of drug-likeness (QED) is 0.551. The first kappa shape index (κ1) is 9.50. The van der Waals surface area contributed by atoms with E-state index in [1.54, 1.807) is 0 Å². The summed E-state index contributed by atoms with van der Waals surface area (Å²) in [6, 6.07) is 0. The highest BCUT2D eigenvalue weighted by Crippen LogP contribution is 2.50. The van der Waals surface area contributed by atoms with Gasteiger partial charge in [0, 0.05) is 12.0 Å². The maximum atomic E-state index is 10.5. The van der Waals surface area contributed by atoms with Gasteiger partial charge in [0.2, 0.25) is 0 Å². The first-order chi connectivity index (χ1) is 6.70. The summed E-state index contributed by atoms with van der Waals surface area (Å²) in [6.07, 6.45) is 8.28. The van der Waals surface area contributed by atoms with E-state index in [9.17, 15) is 4.79 Å². The van der Waals surface area contributed by atoms with E-state index in [-0.39, 0.29) is 0 Å². The predicted octanol–water partition coefficient (Wildman–Crippen LogP) is 2.76. The molecule has 76 valence electrons. The average Bonchev–Trinajstić information content (AvgIpc) is 2.41. The Morgan fingerprint density at radius 3 is 3.07 bits per heavy atom. The molecule has 0 aromatic carbocycles. The number of carboxylic acids is 1. The van der Waals surface area contributed by atoms with Crippen molar-refractivity contribution in [2.75, 3.05) is 0 Å². The number of rotatable bonds is 3. The summed E-state index contributed by atoms with van der Waals surface area (Å²) < 4.78 is 0. The minimum atomic E-state index is -0.796. The summed E-state index contributed by atoms with van der Waals surface area (Å²) in [4.78, 5) is 10.5. The Labute approximate surface area is 84.3 Å². The summed E-state index contributed by atoms with van der Waals surface area (Å²) in [5.74, 6) is 0.394. The van der Waals surface area contributed by atoms with Gasteiger partial charge in [-0.15, -0.1) is 0 Å². The van der Waals surface area contributed by atoms with Gasteiger partial charge in [-0.3, -0.25) is 0 Å². The molecule has 1 fully saturated rings. The van der Waals surface area contributed by atoms with Gasteiger partial charge in [-0.2, -0.15) is 0 Å². The minimum absolute atomic E-state index is 0.465. The second-order valence-electron chi connectivity index (χ2n) is 4.33. The number of allylic oxidation sites excluding steroid dienone is 3. The minimum Gasteiger partial charge on any atom is -0.478 e. The lowest BCUT2D eigenvalue weighted by Crippen LogP contribution is -2.24. The van der Waals surface area contributed by atoms with Crippen LogP contribution in [0.3, 0.4) is 0 Å². The zero-order chi connectivity index (χ0) is 10.1. The molecule has 0 unspecified atom stereocenters. The van der Waals surface area contributed by atoms with E-state index in [0.29, 0.717) is 5.92 Å². The van der Waals surface area contributed by atoms with Crippen molar-refractivity contribution in [1.29, 1.82) is 0 Å². The van der Waals surface area contributed by atoms with E-state index < -0.39 is 5.97 Å². The number of hydrogen-bond acceptors (Lipinski definition) is 1. The van der Waals surface area contributed by atoms with Crippen LogP contribution < -0.4 is 0 Å². The van der Waals surface area contributed by atoms with Crippen LogP contribution in [0.15, 0.2) is 23.3 Å². The van der Waals surface area contributed by atoms with Crippen LogP contribution in [0, 0.1) is 11.8 Å². The average molecular weight is 192 g/mol. The van der Waals surface area contributed by atoms with Crippen molar-refractivity contribution < 1.29 is 9.90 Å². The standard InChI is InChI=1S/C12H16O2/c1-2-3-8-4-9-6-10(7-12(13)14)11(9)5-8/h5,7,9,11H,2-4,6H2,1H3,(H,13,14)/t9-,11+/m1/s1. The topological polar surface area (TPSA) is 37.3 Å². The Morgan fingerprint density at radius 2 is 2.43 bits per heavy atom. The zero-order valence-corrected chi connectivity index (χ0v) is 8.49. The smallest absolute Gasteiger partial charge is 0.328 e. The third-order valence-electron chi connectivity index (χ3n) is 3.25. The van der Waals surface area contributed by atoms with Gasteiger partial charge < -0.3 is 5.11 Å². The van der Waals surface area contributed by atoms with Crippen LogP contribution in [0.1, 0.15) is 32.6 Å². The third-order valence-corrected chi connectivity index (χ3v) is 3.25.